The zero-order valence-electron chi connectivity index (χ0n) is 18.8. The van der Waals surface area contributed by atoms with E-state index in [1.54, 1.807) is 12.4 Å². The molecular weight excluding hydrogens is 436 g/mol. The molecule has 0 aliphatic heterocycles. The Morgan fingerprint density at radius 3 is 1.20 bits per heavy atom. The molecule has 1 aromatic heterocycles. The highest BCUT2D eigenvalue weighted by atomic mass is 16.5. The van der Waals surface area contributed by atoms with Crippen molar-refractivity contribution < 1.29 is 13.9 Å². The Morgan fingerprint density at radius 2 is 0.800 bits per heavy atom. The lowest BCUT2D eigenvalue weighted by Crippen LogP contribution is -1.82. The summed E-state index contributed by atoms with van der Waals surface area (Å²) in [6.45, 7) is 0. The van der Waals surface area contributed by atoms with Gasteiger partial charge in [0.2, 0.25) is 0 Å². The zero-order valence-corrected chi connectivity index (χ0v) is 18.8. The first-order valence-corrected chi connectivity index (χ1v) is 11.1. The van der Waals surface area contributed by atoms with Crippen molar-refractivity contribution in [1.29, 1.82) is 0 Å². The van der Waals surface area contributed by atoms with Gasteiger partial charge in [-0.25, -0.2) is 0 Å². The van der Waals surface area contributed by atoms with Crippen molar-refractivity contribution in [2.75, 3.05) is 0 Å². The normalized spacial score (nSPS) is 11.2. The number of ether oxygens (including phenoxy) is 2. The van der Waals surface area contributed by atoms with Crippen LogP contribution in [0.1, 0.15) is 11.5 Å². The summed E-state index contributed by atoms with van der Waals surface area (Å²) in [6.07, 6.45) is 3.36. The average Bonchev–Trinajstić information content (AvgIpc) is 3.37. The van der Waals surface area contributed by atoms with Crippen LogP contribution < -0.4 is 9.47 Å². The van der Waals surface area contributed by atoms with Crippen molar-refractivity contribution in [2.45, 2.75) is 0 Å². The number of rotatable bonds is 8. The second-order valence-electron chi connectivity index (χ2n) is 7.57. The largest absolute Gasteiger partial charge is 0.457 e. The summed E-state index contributed by atoms with van der Waals surface area (Å²) in [4.78, 5) is 8.94. The van der Waals surface area contributed by atoms with Crippen molar-refractivity contribution in [1.82, 2.24) is 0 Å². The molecule has 170 valence electrons. The van der Waals surface area contributed by atoms with Gasteiger partial charge >= 0.3 is 0 Å². The molecule has 1 heterocycles. The molecular formula is C30H22N2O3. The Labute approximate surface area is 203 Å². The lowest BCUT2D eigenvalue weighted by atomic mass is 10.3. The molecule has 5 rings (SSSR count). The first-order chi connectivity index (χ1) is 17.3. The van der Waals surface area contributed by atoms with E-state index < -0.39 is 0 Å². The van der Waals surface area contributed by atoms with Gasteiger partial charge in [0.05, 0.1) is 23.8 Å². The molecule has 4 aromatic carbocycles. The van der Waals surface area contributed by atoms with E-state index in [0.717, 1.165) is 34.4 Å². The molecule has 0 spiro atoms. The van der Waals surface area contributed by atoms with Gasteiger partial charge in [-0.2, -0.15) is 0 Å². The van der Waals surface area contributed by atoms with Gasteiger partial charge < -0.3 is 13.9 Å². The molecule has 5 heteroatoms. The fourth-order valence-electron chi connectivity index (χ4n) is 3.23. The minimum atomic E-state index is 0.641. The standard InChI is InChI=1S/C30H22N2O3/c1-3-7-25(8-4-1)33-27-15-11-23(12-16-27)31-21-29-19-20-30(35-29)22-32-24-13-17-28(18-14-24)34-26-9-5-2-6-10-26/h1-22H. The Balaban J connectivity index is 1.16. The first-order valence-electron chi connectivity index (χ1n) is 11.1. The fourth-order valence-corrected chi connectivity index (χ4v) is 3.23. The molecule has 0 atom stereocenters. The van der Waals surface area contributed by atoms with Crippen molar-refractivity contribution >= 4 is 23.8 Å². The van der Waals surface area contributed by atoms with E-state index in [2.05, 4.69) is 9.98 Å². The van der Waals surface area contributed by atoms with E-state index in [4.69, 9.17) is 13.9 Å². The van der Waals surface area contributed by atoms with Crippen LogP contribution in [0.2, 0.25) is 0 Å². The predicted octanol–water partition coefficient (Wildman–Crippen LogP) is 8.37. The molecule has 5 aromatic rings. The zero-order chi connectivity index (χ0) is 23.7. The number of nitrogens with zero attached hydrogens (tertiary/aromatic N) is 2. The molecule has 0 bridgehead atoms. The minimum Gasteiger partial charge on any atom is -0.457 e. The third kappa shape index (κ3) is 6.33. The van der Waals surface area contributed by atoms with Crippen LogP contribution in [0.3, 0.4) is 0 Å². The third-order valence-electron chi connectivity index (χ3n) is 4.96. The molecule has 35 heavy (non-hydrogen) atoms. The lowest BCUT2D eigenvalue weighted by Gasteiger charge is -2.05. The number of hydrogen-bond donors (Lipinski definition) is 0. The van der Waals surface area contributed by atoms with Gasteiger partial charge in [0, 0.05) is 0 Å². The van der Waals surface area contributed by atoms with E-state index in [0.29, 0.717) is 11.5 Å². The summed E-state index contributed by atoms with van der Waals surface area (Å²) in [7, 11) is 0. The Kier molecular flexibility index (Phi) is 6.77. The summed E-state index contributed by atoms with van der Waals surface area (Å²) in [5.74, 6) is 4.39. The highest BCUT2D eigenvalue weighted by Gasteiger charge is 2.00. The average molecular weight is 459 g/mol. The molecule has 0 aliphatic carbocycles. The van der Waals surface area contributed by atoms with Crippen molar-refractivity contribution in [3.63, 3.8) is 0 Å². The fraction of sp³-hybridized carbons (Fsp3) is 0. The van der Waals surface area contributed by atoms with Gasteiger partial charge in [-0.1, -0.05) is 36.4 Å². The van der Waals surface area contributed by atoms with E-state index >= 15 is 0 Å². The number of aliphatic imine (C=N–C) groups is 2. The summed E-state index contributed by atoms with van der Waals surface area (Å²) in [5, 5.41) is 0. The van der Waals surface area contributed by atoms with Crippen LogP contribution >= 0.6 is 0 Å². The second-order valence-corrected chi connectivity index (χ2v) is 7.57. The van der Waals surface area contributed by atoms with E-state index in [9.17, 15) is 0 Å². The van der Waals surface area contributed by atoms with Gasteiger partial charge in [-0.3, -0.25) is 9.98 Å². The quantitative estimate of drug-likeness (QED) is 0.219. The van der Waals surface area contributed by atoms with Gasteiger partial charge in [-0.05, 0) is 84.9 Å². The summed E-state index contributed by atoms with van der Waals surface area (Å²) in [6, 6.07) is 38.2. The molecule has 0 N–H and O–H groups in total. The molecule has 0 saturated carbocycles. The van der Waals surface area contributed by atoms with Crippen LogP contribution in [0.5, 0.6) is 23.0 Å². The highest BCUT2D eigenvalue weighted by molar-refractivity contribution is 5.83. The molecule has 0 fully saturated rings. The van der Waals surface area contributed by atoms with Gasteiger partial charge in [0.15, 0.2) is 0 Å². The van der Waals surface area contributed by atoms with E-state index in [1.807, 2.05) is 121 Å². The SMILES string of the molecule is C(=Nc1ccc(Oc2ccccc2)cc1)c1ccc(C=Nc2ccc(Oc3ccccc3)cc2)o1. The highest BCUT2D eigenvalue weighted by Crippen LogP contribution is 2.25. The maximum absolute atomic E-state index is 5.80. The van der Waals surface area contributed by atoms with E-state index in [1.165, 1.54) is 0 Å². The smallest absolute Gasteiger partial charge is 0.145 e. The third-order valence-corrected chi connectivity index (χ3v) is 4.96. The second kappa shape index (κ2) is 10.8. The van der Waals surface area contributed by atoms with Crippen LogP contribution in [0.4, 0.5) is 11.4 Å². The monoisotopic (exact) mass is 458 g/mol. The van der Waals surface area contributed by atoms with Gasteiger partial charge in [0.1, 0.15) is 34.5 Å². The molecule has 0 saturated heterocycles. The predicted molar refractivity (Wildman–Crippen MR) is 139 cm³/mol. The lowest BCUT2D eigenvalue weighted by molar-refractivity contribution is 0.482. The minimum absolute atomic E-state index is 0.641. The van der Waals surface area contributed by atoms with Gasteiger partial charge in [-0.15, -0.1) is 0 Å². The molecule has 0 amide bonds. The molecule has 0 unspecified atom stereocenters. The van der Waals surface area contributed by atoms with Gasteiger partial charge in [0.25, 0.3) is 0 Å². The summed E-state index contributed by atoms with van der Waals surface area (Å²) in [5.41, 5.74) is 1.60. The maximum atomic E-state index is 5.80. The molecule has 0 aliphatic rings. The van der Waals surface area contributed by atoms with E-state index in [-0.39, 0.29) is 0 Å². The Bertz CT molecular complexity index is 1300. The summed E-state index contributed by atoms with van der Waals surface area (Å²) < 4.78 is 17.4. The summed E-state index contributed by atoms with van der Waals surface area (Å²) >= 11 is 0. The number of para-hydroxylation sites is 2. The van der Waals surface area contributed by atoms with Crippen LogP contribution in [0.15, 0.2) is 136 Å². The van der Waals surface area contributed by atoms with Crippen molar-refractivity contribution in [3.05, 3.63) is 133 Å². The number of benzene rings is 4. The Hall–Kier alpha value is -4.90. The topological polar surface area (TPSA) is 56.3 Å². The van der Waals surface area contributed by atoms with Crippen LogP contribution in [-0.2, 0) is 0 Å². The molecule has 0 radical (unpaired) electrons. The van der Waals surface area contributed by atoms with Crippen molar-refractivity contribution in [3.8, 4) is 23.0 Å². The first kappa shape index (κ1) is 21.9. The van der Waals surface area contributed by atoms with Crippen molar-refractivity contribution in [2.24, 2.45) is 9.98 Å². The maximum Gasteiger partial charge on any atom is 0.145 e. The number of furan rings is 1. The van der Waals surface area contributed by atoms with Crippen LogP contribution in [0.25, 0.3) is 0 Å². The number of hydrogen-bond acceptors (Lipinski definition) is 5. The molecule has 5 nitrogen and oxygen atoms in total. The van der Waals surface area contributed by atoms with Crippen LogP contribution in [-0.4, -0.2) is 12.4 Å². The Morgan fingerprint density at radius 1 is 0.429 bits per heavy atom. The van der Waals surface area contributed by atoms with Crippen LogP contribution in [0, 0.1) is 0 Å².